The van der Waals surface area contributed by atoms with Gasteiger partial charge in [0, 0.05) is 0 Å². The molecule has 1 aromatic rings. The molecule has 1 unspecified atom stereocenters. The van der Waals surface area contributed by atoms with Crippen LogP contribution in [0.5, 0.6) is 5.75 Å². The van der Waals surface area contributed by atoms with E-state index in [-0.39, 0.29) is 12.0 Å². The number of nitriles is 1. The number of aryl methyl sites for hydroxylation is 1. The van der Waals surface area contributed by atoms with Crippen molar-refractivity contribution in [3.05, 3.63) is 23.8 Å². The van der Waals surface area contributed by atoms with Crippen molar-refractivity contribution in [3.8, 4) is 11.8 Å². The second-order valence-corrected chi connectivity index (χ2v) is 4.20. The van der Waals surface area contributed by atoms with E-state index in [9.17, 15) is 0 Å². The Morgan fingerprint density at radius 2 is 2.06 bits per heavy atom. The van der Waals surface area contributed by atoms with E-state index in [1.807, 2.05) is 39.0 Å². The van der Waals surface area contributed by atoms with Crippen LogP contribution in [0, 0.1) is 24.2 Å². The summed E-state index contributed by atoms with van der Waals surface area (Å²) in [7, 11) is 1.63. The van der Waals surface area contributed by atoms with Gasteiger partial charge < -0.3 is 10.1 Å². The van der Waals surface area contributed by atoms with Gasteiger partial charge in [-0.1, -0.05) is 19.9 Å². The second-order valence-electron chi connectivity index (χ2n) is 4.20. The Morgan fingerprint density at radius 3 is 2.56 bits per heavy atom. The lowest BCUT2D eigenvalue weighted by molar-refractivity contribution is 0.415. The number of ether oxygens (including phenoxy) is 1. The minimum Gasteiger partial charge on any atom is -0.495 e. The minimum absolute atomic E-state index is 0.198. The fourth-order valence-corrected chi connectivity index (χ4v) is 1.45. The molecule has 86 valence electrons. The van der Waals surface area contributed by atoms with Crippen molar-refractivity contribution in [2.75, 3.05) is 12.4 Å². The third-order valence-electron chi connectivity index (χ3n) is 2.47. The van der Waals surface area contributed by atoms with Crippen LogP contribution in [-0.2, 0) is 0 Å². The molecule has 0 fully saturated rings. The normalized spacial score (nSPS) is 12.0. The molecule has 16 heavy (non-hydrogen) atoms. The van der Waals surface area contributed by atoms with Gasteiger partial charge in [-0.15, -0.1) is 0 Å². The van der Waals surface area contributed by atoms with E-state index in [1.54, 1.807) is 7.11 Å². The Labute approximate surface area is 97.0 Å². The zero-order valence-corrected chi connectivity index (χ0v) is 10.2. The lowest BCUT2D eigenvalue weighted by Crippen LogP contribution is -2.23. The van der Waals surface area contributed by atoms with Crippen LogP contribution in [-0.4, -0.2) is 13.2 Å². The molecule has 3 heteroatoms. The van der Waals surface area contributed by atoms with Crippen LogP contribution in [0.4, 0.5) is 5.69 Å². The van der Waals surface area contributed by atoms with Gasteiger partial charge in [-0.25, -0.2) is 0 Å². The first-order valence-corrected chi connectivity index (χ1v) is 5.39. The fourth-order valence-electron chi connectivity index (χ4n) is 1.45. The van der Waals surface area contributed by atoms with Crippen molar-refractivity contribution in [2.45, 2.75) is 26.8 Å². The van der Waals surface area contributed by atoms with Gasteiger partial charge in [0.15, 0.2) is 0 Å². The summed E-state index contributed by atoms with van der Waals surface area (Å²) in [6.45, 7) is 6.05. The van der Waals surface area contributed by atoms with Crippen LogP contribution in [0.25, 0.3) is 0 Å². The van der Waals surface area contributed by atoms with Gasteiger partial charge >= 0.3 is 0 Å². The molecule has 1 atom stereocenters. The van der Waals surface area contributed by atoms with Gasteiger partial charge in [-0.2, -0.15) is 5.26 Å². The molecule has 1 rings (SSSR count). The number of methoxy groups -OCH3 is 1. The molecule has 0 amide bonds. The highest BCUT2D eigenvalue weighted by atomic mass is 16.5. The van der Waals surface area contributed by atoms with E-state index in [2.05, 4.69) is 11.4 Å². The van der Waals surface area contributed by atoms with E-state index >= 15 is 0 Å². The van der Waals surface area contributed by atoms with Crippen LogP contribution in [0.15, 0.2) is 18.2 Å². The Bertz CT molecular complexity index is 393. The van der Waals surface area contributed by atoms with Gasteiger partial charge in [-0.05, 0) is 30.5 Å². The van der Waals surface area contributed by atoms with Crippen molar-refractivity contribution in [1.82, 2.24) is 0 Å². The SMILES string of the molecule is COc1ccc(C)cc1NC(C#N)C(C)C. The van der Waals surface area contributed by atoms with E-state index in [4.69, 9.17) is 10.00 Å². The van der Waals surface area contributed by atoms with Crippen molar-refractivity contribution < 1.29 is 4.74 Å². The highest BCUT2D eigenvalue weighted by Gasteiger charge is 2.14. The zero-order valence-electron chi connectivity index (χ0n) is 10.2. The first-order valence-electron chi connectivity index (χ1n) is 5.39. The molecule has 0 aliphatic rings. The smallest absolute Gasteiger partial charge is 0.142 e. The molecule has 0 spiro atoms. The van der Waals surface area contributed by atoms with E-state index < -0.39 is 0 Å². The van der Waals surface area contributed by atoms with Crippen molar-refractivity contribution >= 4 is 5.69 Å². The van der Waals surface area contributed by atoms with Gasteiger partial charge in [0.1, 0.15) is 11.8 Å². The van der Waals surface area contributed by atoms with Crippen LogP contribution in [0.3, 0.4) is 0 Å². The Balaban J connectivity index is 2.95. The fraction of sp³-hybridized carbons (Fsp3) is 0.462. The molecule has 0 aromatic heterocycles. The molecule has 0 saturated heterocycles. The van der Waals surface area contributed by atoms with E-state index in [0.717, 1.165) is 17.0 Å². The zero-order chi connectivity index (χ0) is 12.1. The van der Waals surface area contributed by atoms with Crippen molar-refractivity contribution in [3.63, 3.8) is 0 Å². The second kappa shape index (κ2) is 5.41. The van der Waals surface area contributed by atoms with Gasteiger partial charge in [-0.3, -0.25) is 0 Å². The Kier molecular flexibility index (Phi) is 4.19. The Morgan fingerprint density at radius 1 is 1.38 bits per heavy atom. The molecule has 0 aliphatic carbocycles. The average molecular weight is 218 g/mol. The van der Waals surface area contributed by atoms with Crippen molar-refractivity contribution in [1.29, 1.82) is 5.26 Å². The van der Waals surface area contributed by atoms with Gasteiger partial charge in [0.05, 0.1) is 18.9 Å². The monoisotopic (exact) mass is 218 g/mol. The summed E-state index contributed by atoms with van der Waals surface area (Å²) in [5, 5.41) is 12.2. The summed E-state index contributed by atoms with van der Waals surface area (Å²) in [6, 6.07) is 7.94. The van der Waals surface area contributed by atoms with Gasteiger partial charge in [0.2, 0.25) is 0 Å². The lowest BCUT2D eigenvalue weighted by atomic mass is 10.1. The predicted octanol–water partition coefficient (Wildman–Crippen LogP) is 2.96. The van der Waals surface area contributed by atoms with Crippen LogP contribution in [0.2, 0.25) is 0 Å². The topological polar surface area (TPSA) is 45.0 Å². The maximum absolute atomic E-state index is 9.04. The Hall–Kier alpha value is -1.69. The van der Waals surface area contributed by atoms with Crippen LogP contribution >= 0.6 is 0 Å². The average Bonchev–Trinajstić information content (AvgIpc) is 2.25. The summed E-state index contributed by atoms with van der Waals surface area (Å²) < 4.78 is 5.25. The largest absolute Gasteiger partial charge is 0.495 e. The quantitative estimate of drug-likeness (QED) is 0.845. The highest BCUT2D eigenvalue weighted by Crippen LogP contribution is 2.26. The summed E-state index contributed by atoms with van der Waals surface area (Å²) >= 11 is 0. The number of hydrogen-bond acceptors (Lipinski definition) is 3. The molecule has 0 radical (unpaired) electrons. The van der Waals surface area contributed by atoms with E-state index in [0.29, 0.717) is 0 Å². The number of nitrogens with zero attached hydrogens (tertiary/aromatic N) is 1. The first kappa shape index (κ1) is 12.4. The van der Waals surface area contributed by atoms with Crippen molar-refractivity contribution in [2.24, 2.45) is 5.92 Å². The maximum Gasteiger partial charge on any atom is 0.142 e. The molecule has 0 bridgehead atoms. The van der Waals surface area contributed by atoms with E-state index in [1.165, 1.54) is 0 Å². The molecule has 3 nitrogen and oxygen atoms in total. The lowest BCUT2D eigenvalue weighted by Gasteiger charge is -2.18. The third kappa shape index (κ3) is 2.90. The van der Waals surface area contributed by atoms with Gasteiger partial charge in [0.25, 0.3) is 0 Å². The summed E-state index contributed by atoms with van der Waals surface area (Å²) in [6.07, 6.45) is 0. The molecular weight excluding hydrogens is 200 g/mol. The molecular formula is C13H18N2O. The summed E-state index contributed by atoms with van der Waals surface area (Å²) in [4.78, 5) is 0. The number of anilines is 1. The minimum atomic E-state index is -0.198. The molecule has 1 N–H and O–H groups in total. The molecule has 0 heterocycles. The molecule has 0 saturated carbocycles. The standard InChI is InChI=1S/C13H18N2O/c1-9(2)12(8-14)15-11-7-10(3)5-6-13(11)16-4/h5-7,9,12,15H,1-4H3. The first-order chi connectivity index (χ1) is 7.58. The number of nitrogens with one attached hydrogen (secondary N) is 1. The molecule has 1 aromatic carbocycles. The number of hydrogen-bond donors (Lipinski definition) is 1. The van der Waals surface area contributed by atoms with Crippen LogP contribution in [0.1, 0.15) is 19.4 Å². The number of benzene rings is 1. The predicted molar refractivity (Wildman–Crippen MR) is 65.6 cm³/mol. The highest BCUT2D eigenvalue weighted by molar-refractivity contribution is 5.59. The number of rotatable bonds is 4. The summed E-state index contributed by atoms with van der Waals surface area (Å²) in [5.74, 6) is 1.03. The summed E-state index contributed by atoms with van der Waals surface area (Å²) in [5.41, 5.74) is 2.02. The van der Waals surface area contributed by atoms with Crippen LogP contribution < -0.4 is 10.1 Å². The molecule has 0 aliphatic heterocycles. The maximum atomic E-state index is 9.04. The third-order valence-corrected chi connectivity index (χ3v) is 2.47.